The molecular weight excluding hydrogens is 398 g/mol. The molecule has 5 rings (SSSR count). The number of amides is 2. The van der Waals surface area contributed by atoms with Crippen molar-refractivity contribution in [1.29, 1.82) is 0 Å². The fourth-order valence-electron chi connectivity index (χ4n) is 5.48. The lowest BCUT2D eigenvalue weighted by molar-refractivity contribution is -0.136. The van der Waals surface area contributed by atoms with Crippen LogP contribution in [0.5, 0.6) is 0 Å². The Labute approximate surface area is 189 Å². The molecule has 0 radical (unpaired) electrons. The van der Waals surface area contributed by atoms with E-state index >= 15 is 0 Å². The highest BCUT2D eigenvalue weighted by Gasteiger charge is 2.45. The van der Waals surface area contributed by atoms with Crippen LogP contribution in [0.1, 0.15) is 55.6 Å². The Morgan fingerprint density at radius 1 is 1.00 bits per heavy atom. The Morgan fingerprint density at radius 3 is 2.50 bits per heavy atom. The molecule has 2 amide bonds. The fourth-order valence-corrected chi connectivity index (χ4v) is 5.48. The maximum Gasteiger partial charge on any atom is 0.243 e. The monoisotopic (exact) mass is 429 g/mol. The lowest BCUT2D eigenvalue weighted by Gasteiger charge is -2.28. The van der Waals surface area contributed by atoms with E-state index in [4.69, 9.17) is 0 Å². The number of aryl methyl sites for hydroxylation is 1. The van der Waals surface area contributed by atoms with E-state index in [2.05, 4.69) is 28.2 Å². The molecule has 2 heterocycles. The van der Waals surface area contributed by atoms with Gasteiger partial charge in [0.05, 0.1) is 5.92 Å². The maximum atomic E-state index is 13.7. The van der Waals surface area contributed by atoms with Crippen LogP contribution in [0.3, 0.4) is 0 Å². The second-order valence-corrected chi connectivity index (χ2v) is 9.31. The average Bonchev–Trinajstić information content (AvgIpc) is 3.32. The summed E-state index contributed by atoms with van der Waals surface area (Å²) in [6, 6.07) is 18.0. The van der Waals surface area contributed by atoms with Crippen molar-refractivity contribution in [2.24, 2.45) is 7.05 Å². The third-order valence-corrected chi connectivity index (χ3v) is 7.17. The standard InChI is InChI=1S/C27H31N3O2/c1-29-18-23(21-14-8-9-15-24(21)29)22-16-25(26(31)28-20-12-6-3-7-13-20)30(27(22)32)17-19-10-4-2-5-11-19/h2,4-5,8-11,14-15,18,20,22,25H,3,6-7,12-13,16-17H2,1H3,(H,28,31)/t22-,25+/m1/s1. The van der Waals surface area contributed by atoms with Gasteiger partial charge in [0.2, 0.25) is 11.8 Å². The van der Waals surface area contributed by atoms with Gasteiger partial charge in [0.1, 0.15) is 6.04 Å². The van der Waals surface area contributed by atoms with Crippen LogP contribution in [-0.4, -0.2) is 33.4 Å². The largest absolute Gasteiger partial charge is 0.352 e. The smallest absolute Gasteiger partial charge is 0.243 e. The zero-order valence-corrected chi connectivity index (χ0v) is 18.7. The van der Waals surface area contributed by atoms with Gasteiger partial charge in [0.25, 0.3) is 0 Å². The van der Waals surface area contributed by atoms with Crippen molar-refractivity contribution in [2.45, 2.75) is 63.1 Å². The predicted octanol–water partition coefficient (Wildman–Crippen LogP) is 4.51. The summed E-state index contributed by atoms with van der Waals surface area (Å²) in [6.07, 6.45) is 8.25. The minimum atomic E-state index is -0.436. The van der Waals surface area contributed by atoms with Crippen LogP contribution in [0.25, 0.3) is 10.9 Å². The Bertz CT molecular complexity index is 1110. The van der Waals surface area contributed by atoms with E-state index in [1.807, 2.05) is 49.5 Å². The Morgan fingerprint density at radius 2 is 1.72 bits per heavy atom. The molecule has 2 fully saturated rings. The summed E-state index contributed by atoms with van der Waals surface area (Å²) in [5.74, 6) is -0.246. The highest BCUT2D eigenvalue weighted by molar-refractivity contribution is 5.98. The molecule has 1 saturated heterocycles. The number of likely N-dealkylation sites (tertiary alicyclic amines) is 1. The Kier molecular flexibility index (Phi) is 5.73. The molecule has 166 valence electrons. The van der Waals surface area contributed by atoms with Crippen LogP contribution in [-0.2, 0) is 23.2 Å². The summed E-state index contributed by atoms with van der Waals surface area (Å²) in [5, 5.41) is 4.37. The average molecular weight is 430 g/mol. The number of nitrogens with zero attached hydrogens (tertiary/aromatic N) is 2. The second kappa shape index (κ2) is 8.81. The topological polar surface area (TPSA) is 54.3 Å². The van der Waals surface area contributed by atoms with Crippen molar-refractivity contribution in [1.82, 2.24) is 14.8 Å². The molecule has 0 spiro atoms. The maximum absolute atomic E-state index is 13.7. The van der Waals surface area contributed by atoms with Crippen molar-refractivity contribution in [2.75, 3.05) is 0 Å². The molecule has 2 aliphatic rings. The van der Waals surface area contributed by atoms with Crippen LogP contribution < -0.4 is 5.32 Å². The zero-order valence-electron chi connectivity index (χ0n) is 18.7. The van der Waals surface area contributed by atoms with E-state index in [0.717, 1.165) is 34.9 Å². The number of fused-ring (bicyclic) bond motifs is 1. The van der Waals surface area contributed by atoms with Crippen LogP contribution >= 0.6 is 0 Å². The van der Waals surface area contributed by atoms with Gasteiger partial charge in [-0.3, -0.25) is 9.59 Å². The Balaban J connectivity index is 1.45. The molecule has 1 aliphatic heterocycles. The van der Waals surface area contributed by atoms with Gasteiger partial charge in [-0.25, -0.2) is 0 Å². The minimum absolute atomic E-state index is 0.00363. The molecule has 0 bridgehead atoms. The van der Waals surface area contributed by atoms with Crippen molar-refractivity contribution in [3.8, 4) is 0 Å². The van der Waals surface area contributed by atoms with Crippen molar-refractivity contribution >= 4 is 22.7 Å². The second-order valence-electron chi connectivity index (χ2n) is 9.31. The molecule has 1 N–H and O–H groups in total. The van der Waals surface area contributed by atoms with Crippen molar-refractivity contribution in [3.63, 3.8) is 0 Å². The number of rotatable bonds is 5. The highest BCUT2D eigenvalue weighted by atomic mass is 16.2. The zero-order chi connectivity index (χ0) is 22.1. The number of hydrogen-bond donors (Lipinski definition) is 1. The molecule has 5 heteroatoms. The molecular formula is C27H31N3O2. The summed E-state index contributed by atoms with van der Waals surface area (Å²) < 4.78 is 2.08. The predicted molar refractivity (Wildman–Crippen MR) is 126 cm³/mol. The highest BCUT2D eigenvalue weighted by Crippen LogP contribution is 2.38. The minimum Gasteiger partial charge on any atom is -0.352 e. The van der Waals surface area contributed by atoms with E-state index < -0.39 is 6.04 Å². The van der Waals surface area contributed by atoms with Gasteiger partial charge in [0, 0.05) is 36.7 Å². The quantitative estimate of drug-likeness (QED) is 0.649. The number of hydrogen-bond acceptors (Lipinski definition) is 2. The lowest BCUT2D eigenvalue weighted by atomic mass is 9.93. The number of aromatic nitrogens is 1. The van der Waals surface area contributed by atoms with Gasteiger partial charge < -0.3 is 14.8 Å². The normalized spacial score (nSPS) is 21.9. The first kappa shape index (κ1) is 20.8. The molecule has 1 aliphatic carbocycles. The van der Waals surface area contributed by atoms with E-state index in [9.17, 15) is 9.59 Å². The Hall–Kier alpha value is -3.08. The van der Waals surface area contributed by atoms with Gasteiger partial charge in [-0.2, -0.15) is 0 Å². The van der Waals surface area contributed by atoms with Gasteiger partial charge in [-0.05, 0) is 36.5 Å². The fraction of sp³-hybridized carbons (Fsp3) is 0.407. The summed E-state index contributed by atoms with van der Waals surface area (Å²) in [5.41, 5.74) is 3.19. The van der Waals surface area contributed by atoms with Crippen LogP contribution in [0.4, 0.5) is 0 Å². The van der Waals surface area contributed by atoms with Crippen molar-refractivity contribution in [3.05, 3.63) is 71.9 Å². The van der Waals surface area contributed by atoms with Crippen molar-refractivity contribution < 1.29 is 9.59 Å². The van der Waals surface area contributed by atoms with Crippen LogP contribution in [0.2, 0.25) is 0 Å². The van der Waals surface area contributed by atoms with Gasteiger partial charge >= 0.3 is 0 Å². The third kappa shape index (κ3) is 3.92. The summed E-state index contributed by atoms with van der Waals surface area (Å²) in [4.78, 5) is 28.9. The van der Waals surface area contributed by atoms with Gasteiger partial charge in [-0.15, -0.1) is 0 Å². The van der Waals surface area contributed by atoms with Crippen LogP contribution in [0.15, 0.2) is 60.8 Å². The van der Waals surface area contributed by atoms with Gasteiger partial charge in [-0.1, -0.05) is 67.8 Å². The first-order chi connectivity index (χ1) is 15.6. The number of para-hydroxylation sites is 1. The van der Waals surface area contributed by atoms with E-state index in [0.29, 0.717) is 13.0 Å². The summed E-state index contributed by atoms with van der Waals surface area (Å²) in [7, 11) is 2.01. The number of benzene rings is 2. The molecule has 2 aromatic carbocycles. The summed E-state index contributed by atoms with van der Waals surface area (Å²) >= 11 is 0. The molecule has 0 unspecified atom stereocenters. The number of carbonyl (C=O) groups excluding carboxylic acids is 2. The molecule has 2 atom stereocenters. The first-order valence-corrected chi connectivity index (χ1v) is 11.8. The number of nitrogens with one attached hydrogen (secondary N) is 1. The van der Waals surface area contributed by atoms with E-state index in [-0.39, 0.29) is 23.8 Å². The molecule has 32 heavy (non-hydrogen) atoms. The van der Waals surface area contributed by atoms with Gasteiger partial charge in [0.15, 0.2) is 0 Å². The third-order valence-electron chi connectivity index (χ3n) is 7.17. The molecule has 1 aromatic heterocycles. The van der Waals surface area contributed by atoms with Crippen LogP contribution in [0, 0.1) is 0 Å². The lowest BCUT2D eigenvalue weighted by Crippen LogP contribution is -2.48. The first-order valence-electron chi connectivity index (χ1n) is 11.8. The van der Waals surface area contributed by atoms with E-state index in [1.54, 1.807) is 4.90 Å². The molecule has 1 saturated carbocycles. The summed E-state index contributed by atoms with van der Waals surface area (Å²) in [6.45, 7) is 0.462. The number of carbonyl (C=O) groups is 2. The molecule has 3 aromatic rings. The SMILES string of the molecule is Cn1cc([C@H]2C[C@@H](C(=O)NC3CCCCC3)N(Cc3ccccc3)C2=O)c2ccccc21. The molecule has 5 nitrogen and oxygen atoms in total. The van der Waals surface area contributed by atoms with E-state index in [1.165, 1.54) is 19.3 Å².